The number of esters is 1. The van der Waals surface area contributed by atoms with Gasteiger partial charge < -0.3 is 9.47 Å². The topological polar surface area (TPSA) is 64.6 Å². The molecule has 7 heteroatoms. The monoisotopic (exact) mass is 341 g/mol. The first kappa shape index (κ1) is 18.2. The summed E-state index contributed by atoms with van der Waals surface area (Å²) in [4.78, 5) is 23.6. The number of fused-ring (bicyclic) bond motifs is 1. The minimum absolute atomic E-state index is 0.0424. The Balaban J connectivity index is 2.22. The van der Waals surface area contributed by atoms with Crippen LogP contribution < -0.4 is 5.32 Å². The van der Waals surface area contributed by atoms with Crippen molar-refractivity contribution in [1.82, 2.24) is 0 Å². The minimum atomic E-state index is -0.874. The lowest BCUT2D eigenvalue weighted by molar-refractivity contribution is -0.147. The summed E-state index contributed by atoms with van der Waals surface area (Å²) in [6.07, 6.45) is -0.745. The lowest BCUT2D eigenvalue weighted by Crippen LogP contribution is -2.27. The molecule has 0 bridgehead atoms. The van der Waals surface area contributed by atoms with E-state index in [2.05, 4.69) is 5.32 Å². The maximum atomic E-state index is 14.6. The zero-order valence-corrected chi connectivity index (χ0v) is 14.2. The molecule has 5 nitrogen and oxygen atoms in total. The predicted molar refractivity (Wildman–Crippen MR) is 83.7 cm³/mol. The lowest BCUT2D eigenvalue weighted by atomic mass is 10.1. The van der Waals surface area contributed by atoms with E-state index in [1.807, 2.05) is 0 Å². The van der Waals surface area contributed by atoms with Crippen LogP contribution in [0.5, 0.6) is 0 Å². The summed E-state index contributed by atoms with van der Waals surface area (Å²) in [7, 11) is 0. The molecule has 0 aliphatic heterocycles. The Bertz CT molecular complexity index is 668. The highest BCUT2D eigenvalue weighted by Gasteiger charge is 2.34. The van der Waals surface area contributed by atoms with Gasteiger partial charge in [0.05, 0.1) is 18.2 Å². The average Bonchev–Trinajstić information content (AvgIpc) is 2.88. The first-order valence-corrected chi connectivity index (χ1v) is 7.78. The van der Waals surface area contributed by atoms with Gasteiger partial charge in [0.1, 0.15) is 11.4 Å². The van der Waals surface area contributed by atoms with E-state index in [4.69, 9.17) is 9.47 Å². The Morgan fingerprint density at radius 3 is 2.46 bits per heavy atom. The van der Waals surface area contributed by atoms with Crippen molar-refractivity contribution < 1.29 is 27.8 Å². The summed E-state index contributed by atoms with van der Waals surface area (Å²) in [5.41, 5.74) is -0.811. The summed E-state index contributed by atoms with van der Waals surface area (Å²) in [6, 6.07) is 0.908. The van der Waals surface area contributed by atoms with Crippen molar-refractivity contribution in [2.24, 2.45) is 5.92 Å². The average molecular weight is 341 g/mol. The van der Waals surface area contributed by atoms with Crippen LogP contribution in [0.1, 0.15) is 38.8 Å². The van der Waals surface area contributed by atoms with Crippen molar-refractivity contribution in [2.45, 2.75) is 46.1 Å². The molecule has 1 amide bonds. The number of rotatable bonds is 3. The fourth-order valence-electron chi connectivity index (χ4n) is 2.65. The van der Waals surface area contributed by atoms with Crippen LogP contribution >= 0.6 is 0 Å². The molecule has 1 aliphatic carbocycles. The van der Waals surface area contributed by atoms with Gasteiger partial charge in [-0.25, -0.2) is 13.6 Å². The number of carbonyl (C=O) groups is 2. The Labute approximate surface area is 139 Å². The minimum Gasteiger partial charge on any atom is -0.466 e. The molecule has 24 heavy (non-hydrogen) atoms. The molecule has 0 saturated carbocycles. The molecule has 0 spiro atoms. The molecule has 0 heterocycles. The van der Waals surface area contributed by atoms with Crippen LogP contribution in [-0.2, 0) is 27.1 Å². The molecule has 132 valence electrons. The van der Waals surface area contributed by atoms with Crippen molar-refractivity contribution in [3.63, 3.8) is 0 Å². The summed E-state index contributed by atoms with van der Waals surface area (Å²) in [6.45, 7) is 6.87. The van der Waals surface area contributed by atoms with Crippen LogP contribution in [0.25, 0.3) is 0 Å². The highest BCUT2D eigenvalue weighted by Crippen LogP contribution is 2.35. The normalized spacial score (nSPS) is 16.5. The van der Waals surface area contributed by atoms with Crippen LogP contribution in [-0.4, -0.2) is 24.3 Å². The largest absolute Gasteiger partial charge is 0.466 e. The molecule has 0 aromatic heterocycles. The van der Waals surface area contributed by atoms with Crippen molar-refractivity contribution in [2.75, 3.05) is 11.9 Å². The fraction of sp³-hybridized carbons (Fsp3) is 0.529. The third-order valence-electron chi connectivity index (χ3n) is 3.58. The van der Waals surface area contributed by atoms with Crippen LogP contribution in [0.4, 0.5) is 19.3 Å². The standard InChI is InChI=1S/C17H21F2NO4/c1-5-23-15(21)9-6-10-11(7-9)14(19)13(8-12(10)18)20-16(22)24-17(2,3)4/h8-9H,5-7H2,1-4H3,(H,20,22). The Morgan fingerprint density at radius 2 is 1.88 bits per heavy atom. The third kappa shape index (κ3) is 4.01. The number of amides is 1. The molecular formula is C17H21F2NO4. The van der Waals surface area contributed by atoms with E-state index in [1.165, 1.54) is 0 Å². The number of carbonyl (C=O) groups excluding carboxylic acids is 2. The molecule has 1 aliphatic rings. The summed E-state index contributed by atoms with van der Waals surface area (Å²) < 4.78 is 38.8. The van der Waals surface area contributed by atoms with Gasteiger partial charge in [-0.15, -0.1) is 0 Å². The highest BCUT2D eigenvalue weighted by atomic mass is 19.1. The second-order valence-corrected chi connectivity index (χ2v) is 6.66. The van der Waals surface area contributed by atoms with Gasteiger partial charge >= 0.3 is 12.1 Å². The van der Waals surface area contributed by atoms with Crippen molar-refractivity contribution in [3.05, 3.63) is 28.8 Å². The number of benzene rings is 1. The molecule has 1 unspecified atom stereocenters. The summed E-state index contributed by atoms with van der Waals surface area (Å²) in [5, 5.41) is 2.21. The van der Waals surface area contributed by atoms with Gasteiger partial charge in [0.15, 0.2) is 5.82 Å². The quantitative estimate of drug-likeness (QED) is 0.854. The van der Waals surface area contributed by atoms with Gasteiger partial charge in [0.2, 0.25) is 0 Å². The van der Waals surface area contributed by atoms with Gasteiger partial charge in [-0.1, -0.05) is 0 Å². The SMILES string of the molecule is CCOC(=O)C1Cc2c(F)cc(NC(=O)OC(C)(C)C)c(F)c2C1. The van der Waals surface area contributed by atoms with Gasteiger partial charge in [-0.3, -0.25) is 10.1 Å². The van der Waals surface area contributed by atoms with E-state index >= 15 is 0 Å². The lowest BCUT2D eigenvalue weighted by Gasteiger charge is -2.20. The van der Waals surface area contributed by atoms with E-state index in [0.29, 0.717) is 0 Å². The first-order chi connectivity index (χ1) is 11.1. The zero-order valence-electron chi connectivity index (χ0n) is 14.2. The molecule has 0 radical (unpaired) electrons. The van der Waals surface area contributed by atoms with Crippen LogP contribution in [0.3, 0.4) is 0 Å². The van der Waals surface area contributed by atoms with Crippen LogP contribution in [0.2, 0.25) is 0 Å². The fourth-order valence-corrected chi connectivity index (χ4v) is 2.65. The molecule has 1 aromatic rings. The maximum absolute atomic E-state index is 14.6. The van der Waals surface area contributed by atoms with E-state index in [-0.39, 0.29) is 36.3 Å². The van der Waals surface area contributed by atoms with Gasteiger partial charge in [-0.05, 0) is 51.7 Å². The van der Waals surface area contributed by atoms with E-state index in [0.717, 1.165) is 6.07 Å². The molecule has 0 fully saturated rings. The molecule has 0 saturated heterocycles. The number of hydrogen-bond acceptors (Lipinski definition) is 4. The second kappa shape index (κ2) is 6.75. The Morgan fingerprint density at radius 1 is 1.25 bits per heavy atom. The molecular weight excluding hydrogens is 320 g/mol. The zero-order chi connectivity index (χ0) is 18.1. The van der Waals surface area contributed by atoms with Crippen molar-refractivity contribution in [1.29, 1.82) is 0 Å². The number of anilines is 1. The smallest absolute Gasteiger partial charge is 0.412 e. The third-order valence-corrected chi connectivity index (χ3v) is 3.58. The molecule has 2 rings (SSSR count). The number of halogens is 2. The van der Waals surface area contributed by atoms with Crippen molar-refractivity contribution >= 4 is 17.7 Å². The van der Waals surface area contributed by atoms with Gasteiger partial charge in [-0.2, -0.15) is 0 Å². The summed E-state index contributed by atoms with van der Waals surface area (Å²) >= 11 is 0. The predicted octanol–water partition coefficient (Wildman–Crippen LogP) is 3.59. The van der Waals surface area contributed by atoms with Crippen LogP contribution in [0.15, 0.2) is 6.07 Å². The Hall–Kier alpha value is -2.18. The molecule has 1 N–H and O–H groups in total. The first-order valence-electron chi connectivity index (χ1n) is 7.78. The van der Waals surface area contributed by atoms with Crippen LogP contribution in [0, 0.1) is 17.6 Å². The maximum Gasteiger partial charge on any atom is 0.412 e. The number of hydrogen-bond donors (Lipinski definition) is 1. The van der Waals surface area contributed by atoms with Gasteiger partial charge in [0, 0.05) is 6.07 Å². The van der Waals surface area contributed by atoms with Gasteiger partial charge in [0.25, 0.3) is 0 Å². The molecule has 1 atom stereocenters. The summed E-state index contributed by atoms with van der Waals surface area (Å²) in [5.74, 6) is -2.50. The molecule has 1 aromatic carbocycles. The van der Waals surface area contributed by atoms with Crippen molar-refractivity contribution in [3.8, 4) is 0 Å². The van der Waals surface area contributed by atoms with E-state index in [9.17, 15) is 18.4 Å². The highest BCUT2D eigenvalue weighted by molar-refractivity contribution is 5.85. The van der Waals surface area contributed by atoms with E-state index < -0.39 is 35.2 Å². The Kier molecular flexibility index (Phi) is 5.11. The van der Waals surface area contributed by atoms with E-state index in [1.54, 1.807) is 27.7 Å². The number of nitrogens with one attached hydrogen (secondary N) is 1. The second-order valence-electron chi connectivity index (χ2n) is 6.66. The number of ether oxygens (including phenoxy) is 2.